The molecule has 5 heteroatoms. The number of benzene rings is 1. The molecule has 0 amide bonds. The number of hydrogen-bond acceptors (Lipinski definition) is 3. The molecule has 0 bridgehead atoms. The smallest absolute Gasteiger partial charge is 0.282 e. The lowest BCUT2D eigenvalue weighted by molar-refractivity contribution is -0.0495. The van der Waals surface area contributed by atoms with Crippen LogP contribution in [0.25, 0.3) is 0 Å². The van der Waals surface area contributed by atoms with Gasteiger partial charge in [-0.3, -0.25) is 0 Å². The summed E-state index contributed by atoms with van der Waals surface area (Å²) < 4.78 is 31.3. The highest BCUT2D eigenvalue weighted by Gasteiger charge is 2.29. The van der Waals surface area contributed by atoms with Crippen LogP contribution in [0.15, 0.2) is 18.2 Å². The lowest BCUT2D eigenvalue weighted by atomic mass is 9.87. The Bertz CT molecular complexity index is 437. The van der Waals surface area contributed by atoms with Crippen LogP contribution < -0.4 is 10.1 Å². The van der Waals surface area contributed by atoms with Crippen LogP contribution in [0.4, 0.5) is 8.78 Å². The Balaban J connectivity index is 1.99. The number of rotatable bonds is 5. The first-order valence-electron chi connectivity index (χ1n) is 6.42. The molecule has 1 aliphatic rings. The van der Waals surface area contributed by atoms with Gasteiger partial charge in [0.1, 0.15) is 12.4 Å². The van der Waals surface area contributed by atoms with E-state index >= 15 is 0 Å². The highest BCUT2D eigenvalue weighted by Crippen LogP contribution is 2.29. The lowest BCUT2D eigenvalue weighted by Crippen LogP contribution is -2.43. The molecule has 0 unspecified atom stereocenters. The predicted octanol–water partition coefficient (Wildman–Crippen LogP) is 1.77. The molecular formula is C14H19F2NO2. The van der Waals surface area contributed by atoms with Crippen molar-refractivity contribution in [3.05, 3.63) is 29.3 Å². The molecule has 1 aliphatic carbocycles. The van der Waals surface area contributed by atoms with Crippen molar-refractivity contribution in [1.82, 2.24) is 5.32 Å². The summed E-state index contributed by atoms with van der Waals surface area (Å²) in [5.41, 5.74) is 2.33. The average Bonchev–Trinajstić information content (AvgIpc) is 2.44. The molecule has 0 saturated carbocycles. The van der Waals surface area contributed by atoms with Crippen molar-refractivity contribution in [2.45, 2.75) is 31.2 Å². The highest BCUT2D eigenvalue weighted by molar-refractivity contribution is 5.42. The normalized spacial score (nSPS) is 19.1. The molecule has 2 N–H and O–H groups in total. The molecule has 0 aromatic heterocycles. The third-order valence-electron chi connectivity index (χ3n) is 3.54. The maximum atomic E-state index is 13.0. The van der Waals surface area contributed by atoms with E-state index < -0.39 is 19.1 Å². The van der Waals surface area contributed by atoms with Crippen LogP contribution in [0.5, 0.6) is 5.75 Å². The minimum Gasteiger partial charge on any atom is -0.496 e. The monoisotopic (exact) mass is 271 g/mol. The summed E-state index contributed by atoms with van der Waals surface area (Å²) in [6.45, 7) is -1.59. The topological polar surface area (TPSA) is 41.5 Å². The van der Waals surface area contributed by atoms with Crippen molar-refractivity contribution in [1.29, 1.82) is 0 Å². The molecule has 106 valence electrons. The molecule has 0 fully saturated rings. The second kappa shape index (κ2) is 5.84. The van der Waals surface area contributed by atoms with Gasteiger partial charge in [-0.05, 0) is 36.5 Å². The van der Waals surface area contributed by atoms with Crippen molar-refractivity contribution in [3.63, 3.8) is 0 Å². The maximum absolute atomic E-state index is 13.0. The van der Waals surface area contributed by atoms with E-state index in [1.54, 1.807) is 7.11 Å². The SMILES string of the molecule is COc1cccc2c1CC[C@@H](NCC(F)(F)CO)C2. The Hall–Kier alpha value is -1.20. The quantitative estimate of drug-likeness (QED) is 0.857. The molecule has 1 aromatic rings. The fourth-order valence-electron chi connectivity index (χ4n) is 2.49. The number of ether oxygens (including phenoxy) is 1. The maximum Gasteiger partial charge on any atom is 0.282 e. The van der Waals surface area contributed by atoms with E-state index in [4.69, 9.17) is 9.84 Å². The summed E-state index contributed by atoms with van der Waals surface area (Å²) in [6, 6.07) is 5.88. The summed E-state index contributed by atoms with van der Waals surface area (Å²) in [6.07, 6.45) is 2.34. The van der Waals surface area contributed by atoms with Crippen LogP contribution >= 0.6 is 0 Å². The third kappa shape index (κ3) is 3.42. The van der Waals surface area contributed by atoms with E-state index in [1.807, 2.05) is 18.2 Å². The van der Waals surface area contributed by atoms with E-state index in [-0.39, 0.29) is 6.04 Å². The summed E-state index contributed by atoms with van der Waals surface area (Å²) in [7, 11) is 1.64. The minimum atomic E-state index is -3.05. The first-order valence-corrected chi connectivity index (χ1v) is 6.42. The molecule has 2 rings (SSSR count). The number of aliphatic hydroxyl groups excluding tert-OH is 1. The lowest BCUT2D eigenvalue weighted by Gasteiger charge is -2.28. The second-order valence-electron chi connectivity index (χ2n) is 4.93. The molecule has 1 aromatic carbocycles. The van der Waals surface area contributed by atoms with E-state index in [1.165, 1.54) is 5.56 Å². The minimum absolute atomic E-state index is 0.0250. The van der Waals surface area contributed by atoms with Crippen LogP contribution in [0.1, 0.15) is 17.5 Å². The summed E-state index contributed by atoms with van der Waals surface area (Å²) in [5.74, 6) is -2.18. The first-order chi connectivity index (χ1) is 9.05. The summed E-state index contributed by atoms with van der Waals surface area (Å²) in [4.78, 5) is 0. The van der Waals surface area contributed by atoms with Gasteiger partial charge in [0.2, 0.25) is 0 Å². The molecule has 0 saturated heterocycles. The van der Waals surface area contributed by atoms with E-state index in [0.717, 1.165) is 24.2 Å². The Labute approximate surface area is 111 Å². The fraction of sp³-hybridized carbons (Fsp3) is 0.571. The van der Waals surface area contributed by atoms with E-state index in [0.29, 0.717) is 6.42 Å². The van der Waals surface area contributed by atoms with Crippen LogP contribution in [0.3, 0.4) is 0 Å². The summed E-state index contributed by atoms with van der Waals surface area (Å²) in [5, 5.41) is 11.4. The molecule has 0 spiro atoms. The molecule has 0 radical (unpaired) electrons. The number of nitrogens with one attached hydrogen (secondary N) is 1. The standard InChI is InChI=1S/C14H19F2NO2/c1-19-13-4-2-3-10-7-11(5-6-12(10)13)17-8-14(15,16)9-18/h2-4,11,17-18H,5-9H2,1H3/t11-/m1/s1. The molecule has 3 nitrogen and oxygen atoms in total. The number of methoxy groups -OCH3 is 1. The van der Waals surface area contributed by atoms with Crippen molar-refractivity contribution in [2.75, 3.05) is 20.3 Å². The average molecular weight is 271 g/mol. The van der Waals surface area contributed by atoms with Gasteiger partial charge < -0.3 is 15.2 Å². The van der Waals surface area contributed by atoms with Gasteiger partial charge in [0.15, 0.2) is 0 Å². The molecule has 19 heavy (non-hydrogen) atoms. The predicted molar refractivity (Wildman–Crippen MR) is 68.8 cm³/mol. The Morgan fingerprint density at radius 2 is 2.26 bits per heavy atom. The van der Waals surface area contributed by atoms with Crippen molar-refractivity contribution in [3.8, 4) is 5.75 Å². The van der Waals surface area contributed by atoms with Gasteiger partial charge in [-0.1, -0.05) is 12.1 Å². The van der Waals surface area contributed by atoms with Gasteiger partial charge in [0.05, 0.1) is 13.7 Å². The fourth-order valence-corrected chi connectivity index (χ4v) is 2.49. The van der Waals surface area contributed by atoms with Gasteiger partial charge in [0, 0.05) is 6.04 Å². The van der Waals surface area contributed by atoms with Crippen molar-refractivity contribution in [2.24, 2.45) is 0 Å². The number of alkyl halides is 2. The number of aliphatic hydroxyl groups is 1. The molecule has 0 aliphatic heterocycles. The highest BCUT2D eigenvalue weighted by atomic mass is 19.3. The zero-order valence-electron chi connectivity index (χ0n) is 11.0. The first kappa shape index (κ1) is 14.2. The van der Waals surface area contributed by atoms with Crippen LogP contribution in [0, 0.1) is 0 Å². The van der Waals surface area contributed by atoms with E-state index in [2.05, 4.69) is 5.32 Å². The van der Waals surface area contributed by atoms with Gasteiger partial charge in [-0.2, -0.15) is 0 Å². The van der Waals surface area contributed by atoms with Crippen molar-refractivity contribution >= 4 is 0 Å². The largest absolute Gasteiger partial charge is 0.496 e. The second-order valence-corrected chi connectivity index (χ2v) is 4.93. The van der Waals surface area contributed by atoms with Crippen LogP contribution in [0.2, 0.25) is 0 Å². The van der Waals surface area contributed by atoms with Gasteiger partial charge in [-0.15, -0.1) is 0 Å². The molecule has 0 heterocycles. The zero-order valence-corrected chi connectivity index (χ0v) is 11.0. The summed E-state index contributed by atoms with van der Waals surface area (Å²) >= 11 is 0. The van der Waals surface area contributed by atoms with Crippen LogP contribution in [-0.2, 0) is 12.8 Å². The van der Waals surface area contributed by atoms with Gasteiger partial charge in [0.25, 0.3) is 5.92 Å². The Kier molecular flexibility index (Phi) is 4.37. The van der Waals surface area contributed by atoms with E-state index in [9.17, 15) is 8.78 Å². The number of fused-ring (bicyclic) bond motifs is 1. The number of halogens is 2. The third-order valence-corrected chi connectivity index (χ3v) is 3.54. The molecular weight excluding hydrogens is 252 g/mol. The number of hydrogen-bond donors (Lipinski definition) is 2. The van der Waals surface area contributed by atoms with Crippen molar-refractivity contribution < 1.29 is 18.6 Å². The Morgan fingerprint density at radius 3 is 2.95 bits per heavy atom. The van der Waals surface area contributed by atoms with Gasteiger partial charge in [-0.25, -0.2) is 8.78 Å². The van der Waals surface area contributed by atoms with Crippen LogP contribution in [-0.4, -0.2) is 37.3 Å². The molecule has 1 atom stereocenters. The zero-order chi connectivity index (χ0) is 13.9. The van der Waals surface area contributed by atoms with Gasteiger partial charge >= 0.3 is 0 Å². The Morgan fingerprint density at radius 1 is 1.47 bits per heavy atom.